The minimum atomic E-state index is -0.255. The molecule has 2 aromatic rings. The highest BCUT2D eigenvalue weighted by Gasteiger charge is 2.10. The van der Waals surface area contributed by atoms with Gasteiger partial charge in [-0.2, -0.15) is 0 Å². The van der Waals surface area contributed by atoms with Crippen LogP contribution in [0.1, 0.15) is 36.2 Å². The Hall–Kier alpha value is -2.05. The lowest BCUT2D eigenvalue weighted by Gasteiger charge is -2.14. The van der Waals surface area contributed by atoms with Crippen molar-refractivity contribution in [1.29, 1.82) is 0 Å². The van der Waals surface area contributed by atoms with Crippen molar-refractivity contribution in [3.05, 3.63) is 59.7 Å². The van der Waals surface area contributed by atoms with Crippen LogP contribution in [-0.2, 0) is 6.54 Å². The summed E-state index contributed by atoms with van der Waals surface area (Å²) in [6.45, 7) is 4.61. The molecule has 6 heteroatoms. The highest BCUT2D eigenvalue weighted by molar-refractivity contribution is 7.98. The molecule has 0 bridgehead atoms. The van der Waals surface area contributed by atoms with Gasteiger partial charge in [0.1, 0.15) is 5.75 Å². The van der Waals surface area contributed by atoms with E-state index in [0.29, 0.717) is 23.0 Å². The van der Waals surface area contributed by atoms with Gasteiger partial charge in [0, 0.05) is 17.0 Å². The number of hydrogen-bond donors (Lipinski definition) is 2. The zero-order valence-corrected chi connectivity index (χ0v) is 16.9. The fourth-order valence-corrected chi connectivity index (χ4v) is 2.74. The van der Waals surface area contributed by atoms with Crippen LogP contribution in [-0.4, -0.2) is 23.4 Å². The van der Waals surface area contributed by atoms with Gasteiger partial charge in [-0.05, 0) is 67.7 Å². The lowest BCUT2D eigenvalue weighted by Crippen LogP contribution is -2.38. The Kier molecular flexibility index (Phi) is 7.94. The van der Waals surface area contributed by atoms with Crippen LogP contribution in [0.4, 0.5) is 0 Å². The Balaban J connectivity index is 1.88. The third-order valence-electron chi connectivity index (χ3n) is 3.85. The van der Waals surface area contributed by atoms with E-state index in [1.54, 1.807) is 30.0 Å². The molecule has 0 saturated heterocycles. The lowest BCUT2D eigenvalue weighted by molar-refractivity contribution is 0.0976. The predicted octanol–water partition coefficient (Wildman–Crippen LogP) is 4.39. The molecular weight excluding hydrogens is 364 g/mol. The molecule has 0 aliphatic heterocycles. The first-order valence-electron chi connectivity index (χ1n) is 8.50. The van der Waals surface area contributed by atoms with Crippen molar-refractivity contribution in [3.63, 3.8) is 0 Å². The molecular formula is C20H24N2O2S2. The van der Waals surface area contributed by atoms with Gasteiger partial charge in [0.15, 0.2) is 5.11 Å². The molecule has 1 amide bonds. The topological polar surface area (TPSA) is 50.4 Å². The second-order valence-electron chi connectivity index (χ2n) is 5.85. The maximum absolute atomic E-state index is 12.4. The molecule has 0 radical (unpaired) electrons. The summed E-state index contributed by atoms with van der Waals surface area (Å²) < 4.78 is 5.75. The number of thiocarbonyl (C=S) groups is 1. The van der Waals surface area contributed by atoms with E-state index in [4.69, 9.17) is 17.0 Å². The molecule has 0 saturated carbocycles. The highest BCUT2D eigenvalue weighted by atomic mass is 32.2. The summed E-state index contributed by atoms with van der Waals surface area (Å²) in [7, 11) is 0. The van der Waals surface area contributed by atoms with E-state index >= 15 is 0 Å². The Bertz CT molecular complexity index is 748. The van der Waals surface area contributed by atoms with Crippen LogP contribution in [0.15, 0.2) is 53.4 Å². The summed E-state index contributed by atoms with van der Waals surface area (Å²) in [5.74, 6) is 0.426. The number of hydrogen-bond acceptors (Lipinski definition) is 4. The Morgan fingerprint density at radius 2 is 1.96 bits per heavy atom. The zero-order valence-electron chi connectivity index (χ0n) is 15.2. The van der Waals surface area contributed by atoms with Gasteiger partial charge < -0.3 is 10.1 Å². The fraction of sp³-hybridized carbons (Fsp3) is 0.300. The van der Waals surface area contributed by atoms with Gasteiger partial charge in [-0.25, -0.2) is 0 Å². The average Bonchev–Trinajstić information content (AvgIpc) is 2.66. The standard InChI is InChI=1S/C20H24N2O2S2/c1-4-14(2)24-17-7-5-6-16(12-17)19(23)22-20(25)21-13-15-8-10-18(26-3)11-9-15/h5-12,14H,4,13H2,1-3H3,(H2,21,22,23,25). The highest BCUT2D eigenvalue weighted by Crippen LogP contribution is 2.16. The number of benzene rings is 2. The van der Waals surface area contributed by atoms with Crippen LogP contribution in [0, 0.1) is 0 Å². The van der Waals surface area contributed by atoms with Gasteiger partial charge in [-0.1, -0.05) is 25.1 Å². The van der Waals surface area contributed by atoms with E-state index in [2.05, 4.69) is 29.7 Å². The first-order chi connectivity index (χ1) is 12.5. The number of rotatable bonds is 7. The molecule has 138 valence electrons. The molecule has 26 heavy (non-hydrogen) atoms. The van der Waals surface area contributed by atoms with E-state index in [9.17, 15) is 4.79 Å². The molecule has 1 atom stereocenters. The maximum Gasteiger partial charge on any atom is 0.257 e. The number of nitrogens with one attached hydrogen (secondary N) is 2. The van der Waals surface area contributed by atoms with Crippen LogP contribution < -0.4 is 15.4 Å². The minimum absolute atomic E-state index is 0.105. The van der Waals surface area contributed by atoms with Crippen molar-refractivity contribution in [2.24, 2.45) is 0 Å². The summed E-state index contributed by atoms with van der Waals surface area (Å²) in [6.07, 6.45) is 3.05. The van der Waals surface area contributed by atoms with E-state index in [0.717, 1.165) is 12.0 Å². The van der Waals surface area contributed by atoms with Crippen molar-refractivity contribution in [2.45, 2.75) is 37.8 Å². The van der Waals surface area contributed by atoms with Gasteiger partial charge in [0.05, 0.1) is 6.10 Å². The number of ether oxygens (including phenoxy) is 1. The molecule has 0 heterocycles. The number of amides is 1. The van der Waals surface area contributed by atoms with Crippen molar-refractivity contribution in [1.82, 2.24) is 10.6 Å². The first kappa shape index (κ1) is 20.3. The molecule has 0 aliphatic carbocycles. The normalized spacial score (nSPS) is 11.5. The molecule has 0 spiro atoms. The van der Waals surface area contributed by atoms with E-state index in [1.165, 1.54) is 4.90 Å². The number of thioether (sulfide) groups is 1. The third kappa shape index (κ3) is 6.35. The second-order valence-corrected chi connectivity index (χ2v) is 7.14. The maximum atomic E-state index is 12.4. The van der Waals surface area contributed by atoms with Crippen molar-refractivity contribution in [3.8, 4) is 5.75 Å². The van der Waals surface area contributed by atoms with Gasteiger partial charge >= 0.3 is 0 Å². The van der Waals surface area contributed by atoms with Crippen molar-refractivity contribution >= 4 is 35.0 Å². The minimum Gasteiger partial charge on any atom is -0.491 e. The summed E-state index contributed by atoms with van der Waals surface area (Å²) >= 11 is 6.92. The fourth-order valence-electron chi connectivity index (χ4n) is 2.17. The summed E-state index contributed by atoms with van der Waals surface area (Å²) in [5.41, 5.74) is 1.61. The van der Waals surface area contributed by atoms with Crippen LogP contribution in [0.5, 0.6) is 5.75 Å². The van der Waals surface area contributed by atoms with Gasteiger partial charge in [-0.15, -0.1) is 11.8 Å². The van der Waals surface area contributed by atoms with Crippen molar-refractivity contribution in [2.75, 3.05) is 6.26 Å². The Morgan fingerprint density at radius 1 is 1.23 bits per heavy atom. The van der Waals surface area contributed by atoms with Crippen molar-refractivity contribution < 1.29 is 9.53 Å². The monoisotopic (exact) mass is 388 g/mol. The smallest absolute Gasteiger partial charge is 0.257 e. The Labute approximate surface area is 164 Å². The number of carbonyl (C=O) groups excluding carboxylic acids is 1. The summed E-state index contributed by atoms with van der Waals surface area (Å²) in [4.78, 5) is 13.6. The lowest BCUT2D eigenvalue weighted by atomic mass is 10.2. The molecule has 4 nitrogen and oxygen atoms in total. The van der Waals surface area contributed by atoms with E-state index in [1.807, 2.05) is 31.4 Å². The van der Waals surface area contributed by atoms with Crippen LogP contribution in [0.3, 0.4) is 0 Å². The predicted molar refractivity (Wildman–Crippen MR) is 112 cm³/mol. The largest absolute Gasteiger partial charge is 0.491 e. The van der Waals surface area contributed by atoms with Crippen LogP contribution in [0.2, 0.25) is 0 Å². The molecule has 1 unspecified atom stereocenters. The molecule has 2 aromatic carbocycles. The SMILES string of the molecule is CCC(C)Oc1cccc(C(=O)NC(=S)NCc2ccc(SC)cc2)c1. The molecule has 0 fully saturated rings. The second kappa shape index (κ2) is 10.2. The first-order valence-corrected chi connectivity index (χ1v) is 10.1. The molecule has 2 N–H and O–H groups in total. The third-order valence-corrected chi connectivity index (χ3v) is 4.84. The molecule has 0 aromatic heterocycles. The van der Waals surface area contributed by atoms with Crippen LogP contribution in [0.25, 0.3) is 0 Å². The summed E-state index contributed by atoms with van der Waals surface area (Å²) in [6, 6.07) is 15.3. The number of carbonyl (C=O) groups is 1. The quantitative estimate of drug-likeness (QED) is 0.544. The Morgan fingerprint density at radius 3 is 2.62 bits per heavy atom. The molecule has 2 rings (SSSR count). The van der Waals surface area contributed by atoms with Gasteiger partial charge in [0.2, 0.25) is 0 Å². The van der Waals surface area contributed by atoms with Gasteiger partial charge in [0.25, 0.3) is 5.91 Å². The summed E-state index contributed by atoms with van der Waals surface area (Å²) in [5, 5.41) is 6.06. The van der Waals surface area contributed by atoms with E-state index < -0.39 is 0 Å². The molecule has 0 aliphatic rings. The van der Waals surface area contributed by atoms with Gasteiger partial charge in [-0.3, -0.25) is 10.1 Å². The van der Waals surface area contributed by atoms with Crippen LogP contribution >= 0.6 is 24.0 Å². The van der Waals surface area contributed by atoms with E-state index in [-0.39, 0.29) is 12.0 Å². The average molecular weight is 389 g/mol. The zero-order chi connectivity index (χ0) is 18.9.